The summed E-state index contributed by atoms with van der Waals surface area (Å²) in [6.45, 7) is 2.79. The van der Waals surface area contributed by atoms with Gasteiger partial charge in [-0.15, -0.1) is 0 Å². The van der Waals surface area contributed by atoms with Crippen LogP contribution in [0.2, 0.25) is 0 Å². The highest BCUT2D eigenvalue weighted by molar-refractivity contribution is 5.68. The molecule has 0 aliphatic carbocycles. The van der Waals surface area contributed by atoms with Crippen LogP contribution in [0.3, 0.4) is 0 Å². The van der Waals surface area contributed by atoms with E-state index in [0.29, 0.717) is 0 Å². The fourth-order valence-electron chi connectivity index (χ4n) is 1.35. The van der Waals surface area contributed by atoms with Crippen molar-refractivity contribution in [3.8, 4) is 6.07 Å². The molecule has 0 bridgehead atoms. The summed E-state index contributed by atoms with van der Waals surface area (Å²) in [5.74, 6) is -2.26. The Hall–Kier alpha value is -2.63. The Morgan fingerprint density at radius 2 is 1.67 bits per heavy atom. The lowest BCUT2D eigenvalue weighted by Crippen LogP contribution is -2.46. The standard InChI is InChI=1S/C12H15NO8/c1-7(15)18-5-11(19-6-14)12(21-9(3)17)10(4-13)20-8(2)16/h6,10-12H,5H2,1-3H3/t10-,11-,12+/m1/s1. The third-order valence-electron chi connectivity index (χ3n) is 2.07. The molecule has 9 heteroatoms. The Bertz CT molecular complexity index is 441. The van der Waals surface area contributed by atoms with Crippen molar-refractivity contribution in [1.29, 1.82) is 5.26 Å². The molecule has 0 radical (unpaired) electrons. The van der Waals surface area contributed by atoms with E-state index >= 15 is 0 Å². The van der Waals surface area contributed by atoms with Crippen molar-refractivity contribution in [2.75, 3.05) is 6.61 Å². The molecule has 0 heterocycles. The maximum atomic E-state index is 11.1. The second-order valence-electron chi connectivity index (χ2n) is 3.81. The first-order valence-electron chi connectivity index (χ1n) is 5.78. The average molecular weight is 301 g/mol. The summed E-state index contributed by atoms with van der Waals surface area (Å²) in [5, 5.41) is 8.98. The molecule has 0 aliphatic heterocycles. The van der Waals surface area contributed by atoms with Gasteiger partial charge in [-0.2, -0.15) is 5.26 Å². The zero-order chi connectivity index (χ0) is 16.4. The van der Waals surface area contributed by atoms with Crippen LogP contribution in [0, 0.1) is 11.3 Å². The number of hydrogen-bond acceptors (Lipinski definition) is 9. The minimum Gasteiger partial charge on any atom is -0.462 e. The molecule has 3 atom stereocenters. The zero-order valence-corrected chi connectivity index (χ0v) is 11.7. The lowest BCUT2D eigenvalue weighted by molar-refractivity contribution is -0.180. The van der Waals surface area contributed by atoms with Gasteiger partial charge in [-0.25, -0.2) is 0 Å². The zero-order valence-electron chi connectivity index (χ0n) is 11.7. The molecule has 0 spiro atoms. The molecular formula is C12H15NO8. The van der Waals surface area contributed by atoms with Gasteiger partial charge in [-0.1, -0.05) is 0 Å². The van der Waals surface area contributed by atoms with Crippen molar-refractivity contribution in [3.05, 3.63) is 0 Å². The highest BCUT2D eigenvalue weighted by atomic mass is 16.6. The van der Waals surface area contributed by atoms with Gasteiger partial charge in [0.25, 0.3) is 6.47 Å². The topological polar surface area (TPSA) is 129 Å². The average Bonchev–Trinajstić information content (AvgIpc) is 2.38. The lowest BCUT2D eigenvalue weighted by Gasteiger charge is -2.27. The summed E-state index contributed by atoms with van der Waals surface area (Å²) in [6, 6.07) is 1.61. The number of rotatable bonds is 8. The minimum atomic E-state index is -1.52. The molecule has 0 aliphatic rings. The van der Waals surface area contributed by atoms with Gasteiger partial charge in [0.2, 0.25) is 6.10 Å². The quantitative estimate of drug-likeness (QED) is 0.330. The van der Waals surface area contributed by atoms with Gasteiger partial charge in [-0.05, 0) is 0 Å². The normalized spacial score (nSPS) is 13.8. The largest absolute Gasteiger partial charge is 0.462 e. The monoisotopic (exact) mass is 301 g/mol. The van der Waals surface area contributed by atoms with Gasteiger partial charge in [0, 0.05) is 20.8 Å². The number of esters is 3. The Kier molecular flexibility index (Phi) is 8.14. The van der Waals surface area contributed by atoms with Gasteiger partial charge in [0.1, 0.15) is 12.7 Å². The van der Waals surface area contributed by atoms with E-state index in [-0.39, 0.29) is 6.47 Å². The molecule has 9 nitrogen and oxygen atoms in total. The van der Waals surface area contributed by atoms with E-state index < -0.39 is 42.8 Å². The predicted molar refractivity (Wildman–Crippen MR) is 64.3 cm³/mol. The molecule has 0 fully saturated rings. The number of carbonyl (C=O) groups excluding carboxylic acids is 4. The molecule has 0 aromatic rings. The van der Waals surface area contributed by atoms with E-state index in [2.05, 4.69) is 14.2 Å². The van der Waals surface area contributed by atoms with E-state index in [4.69, 9.17) is 10.00 Å². The van der Waals surface area contributed by atoms with Gasteiger partial charge >= 0.3 is 17.9 Å². The van der Waals surface area contributed by atoms with E-state index in [9.17, 15) is 19.2 Å². The maximum Gasteiger partial charge on any atom is 0.304 e. The second-order valence-corrected chi connectivity index (χ2v) is 3.81. The van der Waals surface area contributed by atoms with Crippen molar-refractivity contribution in [2.24, 2.45) is 0 Å². The first-order chi connectivity index (χ1) is 9.81. The fraction of sp³-hybridized carbons (Fsp3) is 0.583. The van der Waals surface area contributed by atoms with Gasteiger partial charge in [0.05, 0.1) is 0 Å². The highest BCUT2D eigenvalue weighted by Crippen LogP contribution is 2.13. The van der Waals surface area contributed by atoms with Crippen LogP contribution >= 0.6 is 0 Å². The molecule has 116 valence electrons. The molecule has 0 N–H and O–H groups in total. The minimum absolute atomic E-state index is 0.0346. The van der Waals surface area contributed by atoms with Crippen LogP contribution in [0.4, 0.5) is 0 Å². The third-order valence-corrected chi connectivity index (χ3v) is 2.07. The molecule has 0 saturated carbocycles. The van der Waals surface area contributed by atoms with Crippen molar-refractivity contribution in [2.45, 2.75) is 39.1 Å². The molecule has 0 unspecified atom stereocenters. The van der Waals surface area contributed by atoms with Crippen molar-refractivity contribution in [3.63, 3.8) is 0 Å². The highest BCUT2D eigenvalue weighted by Gasteiger charge is 2.37. The molecule has 0 saturated heterocycles. The number of carbonyl (C=O) groups is 4. The SMILES string of the molecule is CC(=O)OC[C@@H](OC=O)[C@@H](OC(C)=O)[C@@H](C#N)OC(C)=O. The van der Waals surface area contributed by atoms with Crippen molar-refractivity contribution >= 4 is 24.4 Å². The van der Waals surface area contributed by atoms with Crippen LogP contribution in [-0.2, 0) is 38.1 Å². The lowest BCUT2D eigenvalue weighted by atomic mass is 10.1. The summed E-state index contributed by atoms with van der Waals surface area (Å²) < 4.78 is 18.8. The smallest absolute Gasteiger partial charge is 0.304 e. The van der Waals surface area contributed by atoms with Crippen LogP contribution in [0.1, 0.15) is 20.8 Å². The van der Waals surface area contributed by atoms with E-state index in [1.807, 2.05) is 0 Å². The van der Waals surface area contributed by atoms with Crippen LogP contribution < -0.4 is 0 Å². The Morgan fingerprint density at radius 1 is 1.10 bits per heavy atom. The van der Waals surface area contributed by atoms with Gasteiger partial charge in [0.15, 0.2) is 12.2 Å². The molecule has 0 rings (SSSR count). The summed E-state index contributed by atoms with van der Waals surface area (Å²) in [6.07, 6.45) is -4.24. The second kappa shape index (κ2) is 9.30. The summed E-state index contributed by atoms with van der Waals surface area (Å²) in [5.41, 5.74) is 0. The van der Waals surface area contributed by atoms with E-state index in [1.54, 1.807) is 6.07 Å². The van der Waals surface area contributed by atoms with Crippen LogP contribution in [0.15, 0.2) is 0 Å². The Balaban J connectivity index is 5.22. The maximum absolute atomic E-state index is 11.1. The third kappa shape index (κ3) is 7.51. The number of ether oxygens (including phenoxy) is 4. The Morgan fingerprint density at radius 3 is 2.05 bits per heavy atom. The Labute approximate surface area is 120 Å². The molecule has 0 aromatic heterocycles. The summed E-state index contributed by atoms with van der Waals surface area (Å²) >= 11 is 0. The van der Waals surface area contributed by atoms with Crippen molar-refractivity contribution in [1.82, 2.24) is 0 Å². The van der Waals surface area contributed by atoms with Crippen LogP contribution in [0.5, 0.6) is 0 Å². The molecule has 0 amide bonds. The summed E-state index contributed by atoms with van der Waals surface area (Å²) in [4.78, 5) is 43.3. The number of hydrogen-bond donors (Lipinski definition) is 0. The van der Waals surface area contributed by atoms with E-state index in [0.717, 1.165) is 20.8 Å². The molecule has 0 aromatic carbocycles. The first kappa shape index (κ1) is 18.4. The van der Waals surface area contributed by atoms with Gasteiger partial charge < -0.3 is 18.9 Å². The van der Waals surface area contributed by atoms with Crippen molar-refractivity contribution < 1.29 is 38.1 Å². The summed E-state index contributed by atoms with van der Waals surface area (Å²) in [7, 11) is 0. The number of nitrogens with zero attached hydrogens (tertiary/aromatic N) is 1. The molecular weight excluding hydrogens is 286 g/mol. The molecule has 21 heavy (non-hydrogen) atoms. The number of nitriles is 1. The predicted octanol–water partition coefficient (Wildman–Crippen LogP) is -0.522. The van der Waals surface area contributed by atoms with Crippen LogP contribution in [-0.4, -0.2) is 49.3 Å². The van der Waals surface area contributed by atoms with Crippen LogP contribution in [0.25, 0.3) is 0 Å². The van der Waals surface area contributed by atoms with E-state index in [1.165, 1.54) is 0 Å². The fourth-order valence-corrected chi connectivity index (χ4v) is 1.35. The van der Waals surface area contributed by atoms with Gasteiger partial charge in [-0.3, -0.25) is 19.2 Å². The first-order valence-corrected chi connectivity index (χ1v) is 5.78.